The van der Waals surface area contributed by atoms with Crippen LogP contribution >= 0.6 is 0 Å². The van der Waals surface area contributed by atoms with Gasteiger partial charge in [0.25, 0.3) is 0 Å². The largest absolute Gasteiger partial charge is 0.432 e. The highest BCUT2D eigenvalue weighted by Gasteiger charge is 2.20. The van der Waals surface area contributed by atoms with Crippen molar-refractivity contribution >= 4 is 0 Å². The summed E-state index contributed by atoms with van der Waals surface area (Å²) in [6.07, 6.45) is 7.59. The molecule has 0 N–H and O–H groups in total. The molecule has 0 aliphatic carbocycles. The van der Waals surface area contributed by atoms with Gasteiger partial charge in [0.2, 0.25) is 0 Å². The van der Waals surface area contributed by atoms with Gasteiger partial charge in [-0.3, -0.25) is 4.90 Å². The number of likely N-dealkylation sites (tertiary alicyclic amines) is 1. The van der Waals surface area contributed by atoms with Crippen LogP contribution in [0.15, 0.2) is 36.9 Å². The lowest BCUT2D eigenvalue weighted by molar-refractivity contribution is -0.0522. The van der Waals surface area contributed by atoms with Gasteiger partial charge in [0.1, 0.15) is 0 Å². The SMILES string of the molecule is Fc1cc(CN2CCC(n3ccnc3)CC2)ccc1OC(F)F. The van der Waals surface area contributed by atoms with Gasteiger partial charge in [-0.15, -0.1) is 0 Å². The van der Waals surface area contributed by atoms with Crippen LogP contribution < -0.4 is 4.74 Å². The first-order valence-electron chi connectivity index (χ1n) is 7.55. The van der Waals surface area contributed by atoms with E-state index in [-0.39, 0.29) is 0 Å². The molecule has 2 aromatic rings. The van der Waals surface area contributed by atoms with E-state index in [0.717, 1.165) is 31.5 Å². The lowest BCUT2D eigenvalue weighted by atomic mass is 10.0. The first-order valence-corrected chi connectivity index (χ1v) is 7.55. The van der Waals surface area contributed by atoms with Crippen LogP contribution in [0.4, 0.5) is 13.2 Å². The summed E-state index contributed by atoms with van der Waals surface area (Å²) in [6, 6.07) is 4.60. The first kappa shape index (κ1) is 15.9. The number of rotatable bonds is 5. The Morgan fingerprint density at radius 2 is 2.04 bits per heavy atom. The molecular weight excluding hydrogens is 307 g/mol. The predicted molar refractivity (Wildman–Crippen MR) is 78.8 cm³/mol. The fraction of sp³-hybridized carbons (Fsp3) is 0.438. The minimum absolute atomic E-state index is 0.414. The number of ether oxygens (including phenoxy) is 1. The standard InChI is InChI=1S/C16H18F3N3O/c17-14-9-12(1-2-15(14)23-16(18)19)10-21-6-3-13(4-7-21)22-8-5-20-11-22/h1-2,5,8-9,11,13,16H,3-4,6-7,10H2. The van der Waals surface area contributed by atoms with Crippen LogP contribution in [-0.2, 0) is 6.54 Å². The maximum atomic E-state index is 13.7. The molecule has 1 aliphatic heterocycles. The van der Waals surface area contributed by atoms with E-state index >= 15 is 0 Å². The highest BCUT2D eigenvalue weighted by molar-refractivity contribution is 5.29. The number of aromatic nitrogens is 2. The number of imidazole rings is 1. The summed E-state index contributed by atoms with van der Waals surface area (Å²) in [5.41, 5.74) is 0.755. The van der Waals surface area contributed by atoms with Crippen LogP contribution in [0.1, 0.15) is 24.4 Å². The second kappa shape index (κ2) is 7.04. The molecule has 4 nitrogen and oxygen atoms in total. The number of halogens is 3. The molecule has 0 saturated carbocycles. The van der Waals surface area contributed by atoms with Gasteiger partial charge in [0.05, 0.1) is 6.33 Å². The normalized spacial score (nSPS) is 16.9. The molecule has 23 heavy (non-hydrogen) atoms. The molecular formula is C16H18F3N3O. The van der Waals surface area contributed by atoms with Crippen molar-refractivity contribution in [3.8, 4) is 5.75 Å². The quantitative estimate of drug-likeness (QED) is 0.843. The molecule has 0 spiro atoms. The molecule has 0 atom stereocenters. The summed E-state index contributed by atoms with van der Waals surface area (Å²) in [6.45, 7) is -0.611. The summed E-state index contributed by atoms with van der Waals surface area (Å²) in [5.74, 6) is -1.17. The summed E-state index contributed by atoms with van der Waals surface area (Å²) in [4.78, 5) is 6.30. The highest BCUT2D eigenvalue weighted by Crippen LogP contribution is 2.25. The van der Waals surface area contributed by atoms with Crippen molar-refractivity contribution in [3.05, 3.63) is 48.3 Å². The van der Waals surface area contributed by atoms with Gasteiger partial charge < -0.3 is 9.30 Å². The smallest absolute Gasteiger partial charge is 0.387 e. The molecule has 1 aromatic heterocycles. The molecule has 1 aliphatic rings. The summed E-state index contributed by atoms with van der Waals surface area (Å²) >= 11 is 0. The van der Waals surface area contributed by atoms with E-state index in [2.05, 4.69) is 19.2 Å². The van der Waals surface area contributed by atoms with Gasteiger partial charge in [0, 0.05) is 38.1 Å². The topological polar surface area (TPSA) is 30.3 Å². The maximum Gasteiger partial charge on any atom is 0.387 e. The second-order valence-corrected chi connectivity index (χ2v) is 5.66. The Hall–Kier alpha value is -2.02. The highest BCUT2D eigenvalue weighted by atomic mass is 19.3. The Kier molecular flexibility index (Phi) is 4.85. The number of hydrogen-bond acceptors (Lipinski definition) is 3. The van der Waals surface area contributed by atoms with Crippen molar-refractivity contribution in [2.24, 2.45) is 0 Å². The van der Waals surface area contributed by atoms with Crippen LogP contribution in [0.5, 0.6) is 5.75 Å². The van der Waals surface area contributed by atoms with Crippen LogP contribution in [0.25, 0.3) is 0 Å². The zero-order chi connectivity index (χ0) is 16.2. The van der Waals surface area contributed by atoms with Crippen LogP contribution in [0, 0.1) is 5.82 Å². The molecule has 0 unspecified atom stereocenters. The third kappa shape index (κ3) is 4.04. The average Bonchev–Trinajstić information content (AvgIpc) is 3.05. The van der Waals surface area contributed by atoms with E-state index in [1.807, 2.05) is 12.5 Å². The number of nitrogens with zero attached hydrogens (tertiary/aromatic N) is 3. The van der Waals surface area contributed by atoms with E-state index in [1.165, 1.54) is 12.1 Å². The third-order valence-corrected chi connectivity index (χ3v) is 4.12. The minimum Gasteiger partial charge on any atom is -0.432 e. The summed E-state index contributed by atoms with van der Waals surface area (Å²) in [5, 5.41) is 0. The van der Waals surface area contributed by atoms with Gasteiger partial charge in [0.15, 0.2) is 11.6 Å². The van der Waals surface area contributed by atoms with Gasteiger partial charge in [-0.25, -0.2) is 9.37 Å². The van der Waals surface area contributed by atoms with E-state index in [1.54, 1.807) is 12.3 Å². The molecule has 1 fully saturated rings. The number of alkyl halides is 2. The number of piperidine rings is 1. The molecule has 0 amide bonds. The Morgan fingerprint density at radius 1 is 1.26 bits per heavy atom. The minimum atomic E-state index is -3.02. The van der Waals surface area contributed by atoms with Crippen molar-refractivity contribution in [2.75, 3.05) is 13.1 Å². The molecule has 0 bridgehead atoms. The Morgan fingerprint density at radius 3 is 2.65 bits per heavy atom. The number of hydrogen-bond donors (Lipinski definition) is 0. The second-order valence-electron chi connectivity index (χ2n) is 5.66. The van der Waals surface area contributed by atoms with Crippen molar-refractivity contribution in [1.82, 2.24) is 14.5 Å². The molecule has 124 valence electrons. The monoisotopic (exact) mass is 325 g/mol. The van der Waals surface area contributed by atoms with E-state index in [0.29, 0.717) is 12.6 Å². The summed E-state index contributed by atoms with van der Waals surface area (Å²) < 4.78 is 44.2. The predicted octanol–water partition coefficient (Wildman–Crippen LogP) is 3.46. The van der Waals surface area contributed by atoms with E-state index in [4.69, 9.17) is 0 Å². The van der Waals surface area contributed by atoms with Crippen molar-refractivity contribution in [1.29, 1.82) is 0 Å². The lowest BCUT2D eigenvalue weighted by Crippen LogP contribution is -2.34. The number of benzene rings is 1. The van der Waals surface area contributed by atoms with Crippen molar-refractivity contribution < 1.29 is 17.9 Å². The zero-order valence-electron chi connectivity index (χ0n) is 12.5. The first-order chi connectivity index (χ1) is 11.1. The average molecular weight is 325 g/mol. The maximum absolute atomic E-state index is 13.7. The Bertz CT molecular complexity index is 626. The van der Waals surface area contributed by atoms with Crippen LogP contribution in [0.3, 0.4) is 0 Å². The summed E-state index contributed by atoms with van der Waals surface area (Å²) in [7, 11) is 0. The van der Waals surface area contributed by atoms with E-state index < -0.39 is 18.2 Å². The van der Waals surface area contributed by atoms with Crippen molar-refractivity contribution in [3.63, 3.8) is 0 Å². The molecule has 1 saturated heterocycles. The van der Waals surface area contributed by atoms with Crippen molar-refractivity contribution in [2.45, 2.75) is 32.0 Å². The van der Waals surface area contributed by atoms with Crippen LogP contribution in [0.2, 0.25) is 0 Å². The third-order valence-electron chi connectivity index (χ3n) is 4.12. The molecule has 7 heteroatoms. The molecule has 1 aromatic carbocycles. The van der Waals surface area contributed by atoms with E-state index in [9.17, 15) is 13.2 Å². The Labute approximate surface area is 132 Å². The van der Waals surface area contributed by atoms with Crippen LogP contribution in [-0.4, -0.2) is 34.2 Å². The fourth-order valence-electron chi connectivity index (χ4n) is 2.95. The molecule has 3 rings (SSSR count). The zero-order valence-corrected chi connectivity index (χ0v) is 12.5. The lowest BCUT2D eigenvalue weighted by Gasteiger charge is -2.32. The molecule has 2 heterocycles. The van der Waals surface area contributed by atoms with Gasteiger partial charge in [-0.05, 0) is 30.5 Å². The fourth-order valence-corrected chi connectivity index (χ4v) is 2.95. The molecule has 0 radical (unpaired) electrons. The Balaban J connectivity index is 1.55. The van der Waals surface area contributed by atoms with Gasteiger partial charge in [-0.2, -0.15) is 8.78 Å². The van der Waals surface area contributed by atoms with Gasteiger partial charge >= 0.3 is 6.61 Å². The van der Waals surface area contributed by atoms with Gasteiger partial charge in [-0.1, -0.05) is 6.07 Å².